The number of hydrogen-bond acceptors (Lipinski definition) is 3. The number of halogens is 1. The molecule has 4 heteroatoms. The first-order chi connectivity index (χ1) is 9.96. The number of hydrogen-bond donors (Lipinski definition) is 1. The van der Waals surface area contributed by atoms with Gasteiger partial charge in [-0.2, -0.15) is 0 Å². The van der Waals surface area contributed by atoms with Crippen LogP contribution < -0.4 is 5.73 Å². The Morgan fingerprint density at radius 2 is 2.00 bits per heavy atom. The number of anilines is 1. The molecule has 2 N–H and O–H groups in total. The van der Waals surface area contributed by atoms with Gasteiger partial charge in [-0.1, -0.05) is 26.2 Å². The molecule has 0 unspecified atom stereocenters. The van der Waals surface area contributed by atoms with Gasteiger partial charge in [-0.05, 0) is 47.9 Å². The summed E-state index contributed by atoms with van der Waals surface area (Å²) < 4.78 is 18.6. The van der Waals surface area contributed by atoms with Crippen molar-refractivity contribution >= 4 is 11.7 Å². The van der Waals surface area contributed by atoms with Crippen molar-refractivity contribution in [1.82, 2.24) is 0 Å². The van der Waals surface area contributed by atoms with Gasteiger partial charge in [0, 0.05) is 6.42 Å². The Morgan fingerprint density at radius 3 is 2.62 bits per heavy atom. The molecule has 0 heterocycles. The van der Waals surface area contributed by atoms with Crippen LogP contribution in [0.3, 0.4) is 0 Å². The highest BCUT2D eigenvalue weighted by Crippen LogP contribution is 2.41. The van der Waals surface area contributed by atoms with Gasteiger partial charge >= 0.3 is 5.97 Å². The topological polar surface area (TPSA) is 52.3 Å². The lowest BCUT2D eigenvalue weighted by Crippen LogP contribution is -2.27. The molecular weight excluding hydrogens is 269 g/mol. The van der Waals surface area contributed by atoms with Crippen LogP contribution in [0.2, 0.25) is 0 Å². The van der Waals surface area contributed by atoms with Crippen LogP contribution in [-0.4, -0.2) is 13.1 Å². The number of nitrogen functional groups attached to an aromatic ring is 1. The fourth-order valence-corrected chi connectivity index (χ4v) is 3.35. The minimum Gasteiger partial charge on any atom is -0.469 e. The second kappa shape index (κ2) is 6.46. The monoisotopic (exact) mass is 293 g/mol. The highest BCUT2D eigenvalue weighted by Gasteiger charge is 2.31. The van der Waals surface area contributed by atoms with Crippen molar-refractivity contribution in [2.24, 2.45) is 0 Å². The van der Waals surface area contributed by atoms with Gasteiger partial charge < -0.3 is 10.5 Å². The molecule has 1 saturated carbocycles. The first kappa shape index (κ1) is 15.8. The highest BCUT2D eigenvalue weighted by atomic mass is 19.1. The van der Waals surface area contributed by atoms with Crippen LogP contribution in [0.5, 0.6) is 0 Å². The van der Waals surface area contributed by atoms with E-state index in [1.54, 1.807) is 12.1 Å². The Morgan fingerprint density at radius 1 is 1.33 bits per heavy atom. The Labute approximate surface area is 125 Å². The Balaban J connectivity index is 2.33. The molecule has 1 aromatic rings. The lowest BCUT2D eigenvalue weighted by Gasteiger charge is -2.36. The molecule has 0 amide bonds. The summed E-state index contributed by atoms with van der Waals surface area (Å²) in [5.41, 5.74) is 7.83. The zero-order chi connectivity index (χ0) is 15.5. The number of nitrogens with two attached hydrogens (primary N) is 1. The molecule has 0 bridgehead atoms. The van der Waals surface area contributed by atoms with E-state index in [0.717, 1.165) is 24.0 Å². The third-order valence-corrected chi connectivity index (χ3v) is 4.66. The van der Waals surface area contributed by atoms with Crippen molar-refractivity contribution in [2.75, 3.05) is 12.8 Å². The van der Waals surface area contributed by atoms with Crippen LogP contribution in [0.25, 0.3) is 0 Å². The third-order valence-electron chi connectivity index (χ3n) is 4.66. The normalized spacial score (nSPS) is 17.5. The van der Waals surface area contributed by atoms with Gasteiger partial charge in [0.1, 0.15) is 5.82 Å². The molecule has 3 nitrogen and oxygen atoms in total. The maximum atomic E-state index is 13.9. The fraction of sp³-hybridized carbons (Fsp3) is 0.588. The molecule has 0 aromatic heterocycles. The van der Waals surface area contributed by atoms with E-state index < -0.39 is 0 Å². The predicted molar refractivity (Wildman–Crippen MR) is 81.6 cm³/mol. The Bertz CT molecular complexity index is 522. The van der Waals surface area contributed by atoms with Crippen molar-refractivity contribution in [1.29, 1.82) is 0 Å². The van der Waals surface area contributed by atoms with E-state index in [1.165, 1.54) is 26.4 Å². The SMILES string of the molecule is COC(=O)CCc1cc(N)c(F)cc1C1(C)CCCCC1. The molecule has 1 fully saturated rings. The second-order valence-corrected chi connectivity index (χ2v) is 6.23. The first-order valence-electron chi connectivity index (χ1n) is 7.61. The molecule has 116 valence electrons. The molecule has 0 atom stereocenters. The summed E-state index contributed by atoms with van der Waals surface area (Å²) in [7, 11) is 1.38. The minimum absolute atomic E-state index is 0.0156. The minimum atomic E-state index is -0.362. The quantitative estimate of drug-likeness (QED) is 0.679. The van der Waals surface area contributed by atoms with Gasteiger partial charge in [0.15, 0.2) is 0 Å². The molecule has 0 saturated heterocycles. The Kier molecular flexibility index (Phi) is 4.86. The van der Waals surface area contributed by atoms with E-state index in [0.29, 0.717) is 12.8 Å². The van der Waals surface area contributed by atoms with Crippen molar-refractivity contribution < 1.29 is 13.9 Å². The standard InChI is InChI=1S/C17H24FNO2/c1-17(8-4-3-5-9-17)13-11-14(18)15(19)10-12(13)6-7-16(20)21-2/h10-11H,3-9,19H2,1-2H3. The van der Waals surface area contributed by atoms with Crippen molar-refractivity contribution in [3.05, 3.63) is 29.1 Å². The smallest absolute Gasteiger partial charge is 0.305 e. The molecule has 1 aliphatic rings. The summed E-state index contributed by atoms with van der Waals surface area (Å²) in [5, 5.41) is 0. The van der Waals surface area contributed by atoms with Gasteiger partial charge in [0.25, 0.3) is 0 Å². The van der Waals surface area contributed by atoms with E-state index in [2.05, 4.69) is 6.92 Å². The van der Waals surface area contributed by atoms with Gasteiger partial charge in [-0.15, -0.1) is 0 Å². The van der Waals surface area contributed by atoms with Gasteiger partial charge in [0.05, 0.1) is 12.8 Å². The lowest BCUT2D eigenvalue weighted by atomic mass is 9.69. The number of esters is 1. The number of carbonyl (C=O) groups excluding carboxylic acids is 1. The van der Waals surface area contributed by atoms with E-state index in [4.69, 9.17) is 10.5 Å². The van der Waals surface area contributed by atoms with E-state index >= 15 is 0 Å². The van der Waals surface area contributed by atoms with Crippen LogP contribution in [0, 0.1) is 5.82 Å². The number of methoxy groups -OCH3 is 1. The van der Waals surface area contributed by atoms with Gasteiger partial charge in [-0.25, -0.2) is 4.39 Å². The van der Waals surface area contributed by atoms with Crippen LogP contribution in [0.1, 0.15) is 56.6 Å². The molecule has 21 heavy (non-hydrogen) atoms. The molecule has 1 aliphatic carbocycles. The fourth-order valence-electron chi connectivity index (χ4n) is 3.35. The third kappa shape index (κ3) is 3.55. The average Bonchev–Trinajstić information content (AvgIpc) is 2.48. The van der Waals surface area contributed by atoms with Crippen LogP contribution >= 0.6 is 0 Å². The van der Waals surface area contributed by atoms with Crippen LogP contribution in [-0.2, 0) is 21.4 Å². The average molecular weight is 293 g/mol. The number of benzene rings is 1. The summed E-state index contributed by atoms with van der Waals surface area (Å²) in [5.74, 6) is -0.615. The molecule has 2 rings (SSSR count). The van der Waals surface area contributed by atoms with Crippen LogP contribution in [0.15, 0.2) is 12.1 Å². The van der Waals surface area contributed by atoms with Crippen molar-refractivity contribution in [3.63, 3.8) is 0 Å². The van der Waals surface area contributed by atoms with Crippen molar-refractivity contribution in [2.45, 2.75) is 57.3 Å². The molecule has 0 radical (unpaired) electrons. The summed E-state index contributed by atoms with van der Waals surface area (Å²) in [6.45, 7) is 2.19. The van der Waals surface area contributed by atoms with Gasteiger partial charge in [-0.3, -0.25) is 4.79 Å². The zero-order valence-electron chi connectivity index (χ0n) is 12.9. The summed E-state index contributed by atoms with van der Waals surface area (Å²) in [6.07, 6.45) is 6.53. The van der Waals surface area contributed by atoms with E-state index in [-0.39, 0.29) is 22.9 Å². The number of rotatable bonds is 4. The second-order valence-electron chi connectivity index (χ2n) is 6.23. The maximum absolute atomic E-state index is 13.9. The number of ether oxygens (including phenoxy) is 1. The zero-order valence-corrected chi connectivity index (χ0v) is 12.9. The lowest BCUT2D eigenvalue weighted by molar-refractivity contribution is -0.140. The molecule has 0 spiro atoms. The van der Waals surface area contributed by atoms with E-state index in [9.17, 15) is 9.18 Å². The number of aryl methyl sites for hydroxylation is 1. The molecule has 1 aromatic carbocycles. The number of carbonyl (C=O) groups is 1. The molecule has 0 aliphatic heterocycles. The van der Waals surface area contributed by atoms with E-state index in [1.807, 2.05) is 0 Å². The summed E-state index contributed by atoms with van der Waals surface area (Å²) in [4.78, 5) is 11.4. The predicted octanol–water partition coefficient (Wildman–Crippen LogP) is 3.74. The van der Waals surface area contributed by atoms with Gasteiger partial charge in [0.2, 0.25) is 0 Å². The Hall–Kier alpha value is -1.58. The molecular formula is C17H24FNO2. The first-order valence-corrected chi connectivity index (χ1v) is 7.61. The summed E-state index contributed by atoms with van der Waals surface area (Å²) in [6, 6.07) is 3.26. The van der Waals surface area contributed by atoms with Crippen molar-refractivity contribution in [3.8, 4) is 0 Å². The largest absolute Gasteiger partial charge is 0.469 e. The van der Waals surface area contributed by atoms with Crippen LogP contribution in [0.4, 0.5) is 10.1 Å². The summed E-state index contributed by atoms with van der Waals surface area (Å²) >= 11 is 0. The maximum Gasteiger partial charge on any atom is 0.305 e. The highest BCUT2D eigenvalue weighted by molar-refractivity contribution is 5.69.